The largest absolute Gasteiger partial charge is 0.416 e. The minimum Gasteiger partial charge on any atom is -0.333 e. The van der Waals surface area contributed by atoms with Crippen LogP contribution in [0.4, 0.5) is 13.2 Å². The molecule has 6 nitrogen and oxygen atoms in total. The highest BCUT2D eigenvalue weighted by Crippen LogP contribution is 2.30. The normalized spacial score (nSPS) is 18.3. The van der Waals surface area contributed by atoms with Crippen LogP contribution in [0.1, 0.15) is 46.1 Å². The highest BCUT2D eigenvalue weighted by Gasteiger charge is 2.30. The van der Waals surface area contributed by atoms with Crippen LogP contribution in [0.15, 0.2) is 42.5 Å². The van der Waals surface area contributed by atoms with Crippen LogP contribution in [-0.4, -0.2) is 64.5 Å². The number of nitrogens with one attached hydrogen (secondary N) is 1. The maximum atomic E-state index is 13.3. The number of imidazole rings is 1. The predicted molar refractivity (Wildman–Crippen MR) is 128 cm³/mol. The minimum atomic E-state index is -4.32. The van der Waals surface area contributed by atoms with Crippen molar-refractivity contribution < 1.29 is 18.0 Å². The fraction of sp³-hybridized carbons (Fsp3) is 0.462. The van der Waals surface area contributed by atoms with Gasteiger partial charge in [0, 0.05) is 39.8 Å². The van der Waals surface area contributed by atoms with Gasteiger partial charge in [-0.25, -0.2) is 4.98 Å². The Bertz CT molecular complexity index is 1190. The van der Waals surface area contributed by atoms with Crippen molar-refractivity contribution in [3.8, 4) is 0 Å². The number of piperazine rings is 1. The van der Waals surface area contributed by atoms with E-state index < -0.39 is 11.7 Å². The summed E-state index contributed by atoms with van der Waals surface area (Å²) < 4.78 is 40.2. The molecule has 3 heterocycles. The Kier molecular flexibility index (Phi) is 6.55. The van der Waals surface area contributed by atoms with Gasteiger partial charge in [0.25, 0.3) is 5.91 Å². The Morgan fingerprint density at radius 1 is 1.03 bits per heavy atom. The van der Waals surface area contributed by atoms with Crippen LogP contribution in [-0.2, 0) is 19.8 Å². The van der Waals surface area contributed by atoms with Crippen molar-refractivity contribution in [2.45, 2.75) is 31.5 Å². The maximum Gasteiger partial charge on any atom is 0.416 e. The summed E-state index contributed by atoms with van der Waals surface area (Å²) in [7, 11) is 1.90. The molecule has 0 radical (unpaired) electrons. The fourth-order valence-electron chi connectivity index (χ4n) is 5.12. The number of fused-ring (bicyclic) bond motifs is 1. The number of aromatic nitrogens is 2. The molecule has 0 bridgehead atoms. The molecular weight excluding hydrogens is 455 g/mol. The van der Waals surface area contributed by atoms with Gasteiger partial charge in [-0.2, -0.15) is 13.2 Å². The van der Waals surface area contributed by atoms with Gasteiger partial charge in [0.05, 0.1) is 16.6 Å². The van der Waals surface area contributed by atoms with Crippen molar-refractivity contribution in [3.05, 3.63) is 65.0 Å². The lowest BCUT2D eigenvalue weighted by molar-refractivity contribution is -0.137. The third-order valence-corrected chi connectivity index (χ3v) is 7.25. The lowest BCUT2D eigenvalue weighted by Gasteiger charge is -2.34. The minimum absolute atomic E-state index is 0.0821. The number of carbonyl (C=O) groups excluding carboxylic acids is 1. The van der Waals surface area contributed by atoms with Crippen LogP contribution < -0.4 is 5.32 Å². The van der Waals surface area contributed by atoms with Gasteiger partial charge in [0.2, 0.25) is 0 Å². The summed E-state index contributed by atoms with van der Waals surface area (Å²) in [4.78, 5) is 21.9. The number of benzene rings is 2. The first-order valence-corrected chi connectivity index (χ1v) is 12.1. The first kappa shape index (κ1) is 23.8. The number of nitrogens with zero attached hydrogens (tertiary/aromatic N) is 4. The smallest absolute Gasteiger partial charge is 0.333 e. The molecule has 0 unspecified atom stereocenters. The lowest BCUT2D eigenvalue weighted by Crippen LogP contribution is -2.48. The van der Waals surface area contributed by atoms with Crippen molar-refractivity contribution in [3.63, 3.8) is 0 Å². The highest BCUT2D eigenvalue weighted by atomic mass is 19.4. The van der Waals surface area contributed by atoms with Crippen LogP contribution in [0.2, 0.25) is 0 Å². The Morgan fingerprint density at radius 2 is 1.71 bits per heavy atom. The zero-order chi connectivity index (χ0) is 24.6. The van der Waals surface area contributed by atoms with E-state index in [4.69, 9.17) is 0 Å². The van der Waals surface area contributed by atoms with Gasteiger partial charge >= 0.3 is 6.18 Å². The van der Waals surface area contributed by atoms with E-state index in [1.165, 1.54) is 17.7 Å². The predicted octanol–water partition coefficient (Wildman–Crippen LogP) is 4.02. The maximum absolute atomic E-state index is 13.3. The fourth-order valence-corrected chi connectivity index (χ4v) is 5.12. The number of hydrogen-bond donors (Lipinski definition) is 1. The third-order valence-electron chi connectivity index (χ3n) is 7.25. The van der Waals surface area contributed by atoms with E-state index in [-0.39, 0.29) is 5.91 Å². The number of rotatable bonds is 4. The molecular formula is C26H30F3N5O. The van der Waals surface area contributed by atoms with Crippen LogP contribution in [0.5, 0.6) is 0 Å². The molecule has 0 atom stereocenters. The SMILES string of the molecule is Cn1c(C(=O)N2CCN(Cc3ccc(C(F)(F)F)cc3)CC2)nc2ccc(C3CCNCC3)cc21. The second kappa shape index (κ2) is 9.62. The highest BCUT2D eigenvalue weighted by molar-refractivity contribution is 5.95. The number of amides is 1. The van der Waals surface area contributed by atoms with Gasteiger partial charge in [-0.05, 0) is 67.2 Å². The zero-order valence-corrected chi connectivity index (χ0v) is 19.8. The summed E-state index contributed by atoms with van der Waals surface area (Å²) in [5.74, 6) is 0.896. The standard InChI is InChI=1S/C26H30F3N5O/c1-32-23-16-20(19-8-10-30-11-9-19)4-7-22(23)31-24(32)25(35)34-14-12-33(13-15-34)17-18-2-5-21(6-3-18)26(27,28)29/h2-7,16,19,30H,8-15,17H2,1H3. The number of piperidine rings is 1. The van der Waals surface area contributed by atoms with Gasteiger partial charge < -0.3 is 14.8 Å². The van der Waals surface area contributed by atoms with Crippen LogP contribution in [0.3, 0.4) is 0 Å². The molecule has 0 saturated carbocycles. The van der Waals surface area contributed by atoms with E-state index in [1.807, 2.05) is 22.6 Å². The summed E-state index contributed by atoms with van der Waals surface area (Å²) in [5.41, 5.74) is 3.30. The van der Waals surface area contributed by atoms with Crippen LogP contribution in [0.25, 0.3) is 11.0 Å². The molecule has 35 heavy (non-hydrogen) atoms. The molecule has 2 saturated heterocycles. The van der Waals surface area contributed by atoms with Gasteiger partial charge in [0.1, 0.15) is 0 Å². The van der Waals surface area contributed by atoms with E-state index in [0.717, 1.165) is 54.7 Å². The van der Waals surface area contributed by atoms with Gasteiger partial charge in [-0.3, -0.25) is 9.69 Å². The lowest BCUT2D eigenvalue weighted by atomic mass is 9.90. The monoisotopic (exact) mass is 485 g/mol. The van der Waals surface area contributed by atoms with Gasteiger partial charge in [0.15, 0.2) is 5.82 Å². The quantitative estimate of drug-likeness (QED) is 0.607. The molecule has 0 aliphatic carbocycles. The summed E-state index contributed by atoms with van der Waals surface area (Å²) in [6, 6.07) is 11.6. The Morgan fingerprint density at radius 3 is 2.37 bits per heavy atom. The van der Waals surface area contributed by atoms with E-state index in [1.54, 1.807) is 0 Å². The molecule has 1 amide bonds. The van der Waals surface area contributed by atoms with Crippen LogP contribution in [0, 0.1) is 0 Å². The molecule has 5 rings (SSSR count). The van der Waals surface area contributed by atoms with Crippen molar-refractivity contribution in [2.75, 3.05) is 39.3 Å². The van der Waals surface area contributed by atoms with Gasteiger partial charge in [-0.1, -0.05) is 18.2 Å². The summed E-state index contributed by atoms with van der Waals surface area (Å²) >= 11 is 0. The molecule has 2 aliphatic heterocycles. The van der Waals surface area contributed by atoms with E-state index in [9.17, 15) is 18.0 Å². The first-order chi connectivity index (χ1) is 16.8. The van der Waals surface area contributed by atoms with E-state index in [2.05, 4.69) is 27.3 Å². The molecule has 2 fully saturated rings. The molecule has 1 N–H and O–H groups in total. The first-order valence-electron chi connectivity index (χ1n) is 12.1. The third kappa shape index (κ3) is 5.06. The van der Waals surface area contributed by atoms with Crippen molar-refractivity contribution in [2.24, 2.45) is 7.05 Å². The van der Waals surface area contributed by atoms with Gasteiger partial charge in [-0.15, -0.1) is 0 Å². The summed E-state index contributed by atoms with van der Waals surface area (Å²) in [6.45, 7) is 5.07. The molecule has 0 spiro atoms. The number of aryl methyl sites for hydroxylation is 1. The van der Waals surface area contributed by atoms with Crippen molar-refractivity contribution in [1.29, 1.82) is 0 Å². The average molecular weight is 486 g/mol. The summed E-state index contributed by atoms with van der Waals surface area (Å²) in [5, 5.41) is 3.40. The Balaban J connectivity index is 1.22. The summed E-state index contributed by atoms with van der Waals surface area (Å²) in [6.07, 6.45) is -2.09. The second-order valence-electron chi connectivity index (χ2n) is 9.53. The van der Waals surface area contributed by atoms with E-state index in [0.29, 0.717) is 44.5 Å². The Labute approximate surface area is 202 Å². The number of carbonyl (C=O) groups is 1. The molecule has 2 aliphatic rings. The Hall–Kier alpha value is -2.91. The molecule has 186 valence electrons. The number of halogens is 3. The topological polar surface area (TPSA) is 53.4 Å². The molecule has 3 aromatic rings. The second-order valence-corrected chi connectivity index (χ2v) is 9.53. The van der Waals surface area contributed by atoms with Crippen molar-refractivity contribution in [1.82, 2.24) is 24.7 Å². The van der Waals surface area contributed by atoms with Crippen LogP contribution >= 0.6 is 0 Å². The van der Waals surface area contributed by atoms with Crippen molar-refractivity contribution >= 4 is 16.9 Å². The molecule has 9 heteroatoms. The van der Waals surface area contributed by atoms with E-state index >= 15 is 0 Å². The molecule has 1 aromatic heterocycles. The zero-order valence-electron chi connectivity index (χ0n) is 19.8. The number of hydrogen-bond acceptors (Lipinski definition) is 4. The molecule has 2 aromatic carbocycles. The number of alkyl halides is 3. The average Bonchev–Trinajstić information content (AvgIpc) is 3.20.